The number of thiophene rings is 1. The number of carbonyl (C=O) groups excluding carboxylic acids is 1. The van der Waals surface area contributed by atoms with Gasteiger partial charge in [0, 0.05) is 18.0 Å². The number of hydrogen-bond donors (Lipinski definition) is 2. The van der Waals surface area contributed by atoms with Gasteiger partial charge in [-0.1, -0.05) is 30.3 Å². The first-order chi connectivity index (χ1) is 10.1. The summed E-state index contributed by atoms with van der Waals surface area (Å²) in [5, 5.41) is 7.72. The standard InChI is InChI=1S/C16H21N3OS/c1-19(2)12-14-7-5-13(6-8-14)10-17-16(20)18-11-15-4-3-9-21-15/h3-9H,10-12H2,1-2H3,(H2,17,18,20). The summed E-state index contributed by atoms with van der Waals surface area (Å²) in [6.45, 7) is 2.04. The molecule has 1 aromatic carbocycles. The van der Waals surface area contributed by atoms with Gasteiger partial charge in [-0.3, -0.25) is 0 Å². The first kappa shape index (κ1) is 15.5. The molecule has 0 atom stereocenters. The minimum atomic E-state index is -0.138. The van der Waals surface area contributed by atoms with Crippen molar-refractivity contribution in [3.8, 4) is 0 Å². The number of urea groups is 1. The number of carbonyl (C=O) groups is 1. The van der Waals surface area contributed by atoms with Crippen molar-refractivity contribution < 1.29 is 4.79 Å². The number of amides is 2. The van der Waals surface area contributed by atoms with Gasteiger partial charge in [-0.05, 0) is 36.7 Å². The second kappa shape index (κ2) is 7.81. The van der Waals surface area contributed by atoms with E-state index in [1.54, 1.807) is 11.3 Å². The molecular weight excluding hydrogens is 282 g/mol. The third-order valence-electron chi connectivity index (χ3n) is 2.98. The van der Waals surface area contributed by atoms with E-state index >= 15 is 0 Å². The maximum Gasteiger partial charge on any atom is 0.315 e. The van der Waals surface area contributed by atoms with Crippen LogP contribution in [-0.4, -0.2) is 25.0 Å². The van der Waals surface area contributed by atoms with Crippen molar-refractivity contribution in [2.45, 2.75) is 19.6 Å². The highest BCUT2D eigenvalue weighted by molar-refractivity contribution is 7.09. The molecule has 0 unspecified atom stereocenters. The lowest BCUT2D eigenvalue weighted by Gasteiger charge is -2.10. The highest BCUT2D eigenvalue weighted by atomic mass is 32.1. The van der Waals surface area contributed by atoms with Crippen molar-refractivity contribution in [3.63, 3.8) is 0 Å². The average molecular weight is 303 g/mol. The molecule has 0 fully saturated rings. The minimum Gasteiger partial charge on any atom is -0.334 e. The zero-order chi connectivity index (χ0) is 15.1. The van der Waals surface area contributed by atoms with E-state index in [-0.39, 0.29) is 6.03 Å². The molecule has 0 aliphatic heterocycles. The van der Waals surface area contributed by atoms with Crippen LogP contribution in [-0.2, 0) is 19.6 Å². The van der Waals surface area contributed by atoms with Crippen LogP contribution in [0.5, 0.6) is 0 Å². The van der Waals surface area contributed by atoms with E-state index in [0.717, 1.165) is 17.0 Å². The molecule has 5 heteroatoms. The van der Waals surface area contributed by atoms with Gasteiger partial charge < -0.3 is 15.5 Å². The Morgan fingerprint density at radius 2 is 1.71 bits per heavy atom. The summed E-state index contributed by atoms with van der Waals surface area (Å²) in [6.07, 6.45) is 0. The average Bonchev–Trinajstić information content (AvgIpc) is 2.97. The Bertz CT molecular complexity index is 549. The second-order valence-corrected chi connectivity index (χ2v) is 6.20. The van der Waals surface area contributed by atoms with Crippen molar-refractivity contribution in [3.05, 3.63) is 57.8 Å². The molecule has 21 heavy (non-hydrogen) atoms. The molecule has 0 spiro atoms. The fourth-order valence-corrected chi connectivity index (χ4v) is 2.60. The van der Waals surface area contributed by atoms with E-state index in [4.69, 9.17) is 0 Å². The molecule has 0 radical (unpaired) electrons. The molecule has 2 N–H and O–H groups in total. The molecule has 0 bridgehead atoms. The molecule has 0 saturated carbocycles. The van der Waals surface area contributed by atoms with E-state index in [2.05, 4.69) is 39.8 Å². The van der Waals surface area contributed by atoms with E-state index in [0.29, 0.717) is 13.1 Å². The maximum absolute atomic E-state index is 11.7. The molecule has 1 aromatic heterocycles. The monoisotopic (exact) mass is 303 g/mol. The molecule has 0 saturated heterocycles. The summed E-state index contributed by atoms with van der Waals surface area (Å²) in [5.74, 6) is 0. The smallest absolute Gasteiger partial charge is 0.315 e. The molecular formula is C16H21N3OS. The van der Waals surface area contributed by atoms with Crippen LogP contribution in [0, 0.1) is 0 Å². The summed E-state index contributed by atoms with van der Waals surface area (Å²) < 4.78 is 0. The summed E-state index contributed by atoms with van der Waals surface area (Å²) in [7, 11) is 4.10. The second-order valence-electron chi connectivity index (χ2n) is 5.17. The zero-order valence-corrected chi connectivity index (χ0v) is 13.2. The number of nitrogens with zero attached hydrogens (tertiary/aromatic N) is 1. The van der Waals surface area contributed by atoms with Gasteiger partial charge in [-0.25, -0.2) is 4.79 Å². The van der Waals surface area contributed by atoms with Gasteiger partial charge in [0.1, 0.15) is 0 Å². The Kier molecular flexibility index (Phi) is 5.78. The Labute approximate surface area is 129 Å². The fourth-order valence-electron chi connectivity index (χ4n) is 1.95. The third-order valence-corrected chi connectivity index (χ3v) is 3.85. The van der Waals surface area contributed by atoms with Gasteiger partial charge in [-0.2, -0.15) is 0 Å². The van der Waals surface area contributed by atoms with Gasteiger partial charge in [0.15, 0.2) is 0 Å². The summed E-state index contributed by atoms with van der Waals surface area (Å²) in [6, 6.07) is 12.2. The molecule has 2 amide bonds. The predicted octanol–water partition coefficient (Wildman–Crippen LogP) is 2.81. The van der Waals surface area contributed by atoms with Gasteiger partial charge >= 0.3 is 6.03 Å². The molecule has 1 heterocycles. The van der Waals surface area contributed by atoms with Gasteiger partial charge in [0.2, 0.25) is 0 Å². The lowest BCUT2D eigenvalue weighted by Crippen LogP contribution is -2.34. The van der Waals surface area contributed by atoms with Crippen LogP contribution in [0.1, 0.15) is 16.0 Å². The van der Waals surface area contributed by atoms with Crippen LogP contribution in [0.3, 0.4) is 0 Å². The highest BCUT2D eigenvalue weighted by Gasteiger charge is 2.02. The van der Waals surface area contributed by atoms with Crippen molar-refractivity contribution >= 4 is 17.4 Å². The van der Waals surface area contributed by atoms with Crippen LogP contribution in [0.2, 0.25) is 0 Å². The topological polar surface area (TPSA) is 44.4 Å². The van der Waals surface area contributed by atoms with Crippen molar-refractivity contribution in [2.75, 3.05) is 14.1 Å². The molecule has 0 aliphatic rings. The van der Waals surface area contributed by atoms with Crippen LogP contribution in [0.4, 0.5) is 4.79 Å². The Balaban J connectivity index is 1.73. The van der Waals surface area contributed by atoms with Crippen LogP contribution in [0.25, 0.3) is 0 Å². The largest absolute Gasteiger partial charge is 0.334 e. The Morgan fingerprint density at radius 3 is 2.33 bits per heavy atom. The van der Waals surface area contributed by atoms with Crippen molar-refractivity contribution in [1.82, 2.24) is 15.5 Å². The number of nitrogens with one attached hydrogen (secondary N) is 2. The third kappa shape index (κ3) is 5.57. The molecule has 2 aromatic rings. The number of benzene rings is 1. The molecule has 0 aliphatic carbocycles. The van der Waals surface area contributed by atoms with Crippen LogP contribution in [0.15, 0.2) is 41.8 Å². The van der Waals surface area contributed by atoms with Crippen LogP contribution < -0.4 is 10.6 Å². The van der Waals surface area contributed by atoms with E-state index < -0.39 is 0 Å². The normalized spacial score (nSPS) is 10.6. The Morgan fingerprint density at radius 1 is 1.05 bits per heavy atom. The maximum atomic E-state index is 11.7. The number of rotatable bonds is 6. The van der Waals surface area contributed by atoms with E-state index in [1.807, 2.05) is 31.6 Å². The predicted molar refractivity (Wildman–Crippen MR) is 87.2 cm³/mol. The fraction of sp³-hybridized carbons (Fsp3) is 0.312. The number of hydrogen-bond acceptors (Lipinski definition) is 3. The van der Waals surface area contributed by atoms with Gasteiger partial charge in [0.05, 0.1) is 6.54 Å². The summed E-state index contributed by atoms with van der Waals surface area (Å²) in [5.41, 5.74) is 2.37. The Hall–Kier alpha value is -1.85. The molecule has 112 valence electrons. The zero-order valence-electron chi connectivity index (χ0n) is 12.4. The summed E-state index contributed by atoms with van der Waals surface area (Å²) >= 11 is 1.64. The quantitative estimate of drug-likeness (QED) is 0.862. The first-order valence-corrected chi connectivity index (χ1v) is 7.78. The molecule has 2 rings (SSSR count). The minimum absolute atomic E-state index is 0.138. The van der Waals surface area contributed by atoms with Crippen molar-refractivity contribution in [2.24, 2.45) is 0 Å². The van der Waals surface area contributed by atoms with Crippen LogP contribution >= 0.6 is 11.3 Å². The van der Waals surface area contributed by atoms with Crippen molar-refractivity contribution in [1.29, 1.82) is 0 Å². The SMILES string of the molecule is CN(C)Cc1ccc(CNC(=O)NCc2cccs2)cc1. The lowest BCUT2D eigenvalue weighted by molar-refractivity contribution is 0.240. The summed E-state index contributed by atoms with van der Waals surface area (Å²) in [4.78, 5) is 15.0. The first-order valence-electron chi connectivity index (χ1n) is 6.90. The van der Waals surface area contributed by atoms with Gasteiger partial charge in [0.25, 0.3) is 0 Å². The van der Waals surface area contributed by atoms with E-state index in [1.165, 1.54) is 5.56 Å². The van der Waals surface area contributed by atoms with Gasteiger partial charge in [-0.15, -0.1) is 11.3 Å². The van der Waals surface area contributed by atoms with E-state index in [9.17, 15) is 4.79 Å². The lowest BCUT2D eigenvalue weighted by atomic mass is 10.1. The highest BCUT2D eigenvalue weighted by Crippen LogP contribution is 2.08. The molecule has 4 nitrogen and oxygen atoms in total.